The molecule has 0 aromatic rings. The Morgan fingerprint density at radius 2 is 1.05 bits per heavy atom. The van der Waals surface area contributed by atoms with Crippen molar-refractivity contribution < 1.29 is 28.5 Å². The van der Waals surface area contributed by atoms with Crippen LogP contribution < -0.4 is 0 Å². The average molecular weight is 290 g/mol. The first-order valence-corrected chi connectivity index (χ1v) is 7.17. The highest BCUT2D eigenvalue weighted by Gasteiger charge is 2.08. The van der Waals surface area contributed by atoms with Gasteiger partial charge in [-0.2, -0.15) is 0 Å². The van der Waals surface area contributed by atoms with E-state index in [-0.39, 0.29) is 26.1 Å². The molecule has 0 radical (unpaired) electrons. The van der Waals surface area contributed by atoms with E-state index in [2.05, 4.69) is 0 Å². The first kappa shape index (κ1) is 18.9. The van der Waals surface area contributed by atoms with E-state index in [9.17, 15) is 9.59 Å². The molecule has 20 heavy (non-hydrogen) atoms. The first-order chi connectivity index (χ1) is 9.70. The lowest BCUT2D eigenvalue weighted by molar-refractivity contribution is -0.151. The van der Waals surface area contributed by atoms with Gasteiger partial charge in [-0.25, -0.2) is 0 Å². The Labute approximate surface area is 120 Å². The van der Waals surface area contributed by atoms with Crippen LogP contribution in [0.5, 0.6) is 0 Å². The van der Waals surface area contributed by atoms with Crippen LogP contribution in [0.15, 0.2) is 0 Å². The Morgan fingerprint density at radius 1 is 0.650 bits per heavy atom. The van der Waals surface area contributed by atoms with Gasteiger partial charge in [-0.1, -0.05) is 13.8 Å². The van der Waals surface area contributed by atoms with Crippen molar-refractivity contribution in [2.24, 2.45) is 0 Å². The molecule has 0 spiro atoms. The molecule has 0 aromatic heterocycles. The summed E-state index contributed by atoms with van der Waals surface area (Å²) in [5.41, 5.74) is 0. The van der Waals surface area contributed by atoms with E-state index in [4.69, 9.17) is 18.9 Å². The van der Waals surface area contributed by atoms with Crippen molar-refractivity contribution in [3.8, 4) is 0 Å². The van der Waals surface area contributed by atoms with Crippen molar-refractivity contribution in [2.45, 2.75) is 39.5 Å². The minimum atomic E-state index is -0.413. The molecule has 0 aromatic carbocycles. The van der Waals surface area contributed by atoms with Crippen molar-refractivity contribution in [3.63, 3.8) is 0 Å². The number of hydrogen-bond donors (Lipinski definition) is 0. The van der Waals surface area contributed by atoms with Gasteiger partial charge in [0.25, 0.3) is 0 Å². The number of esters is 2. The number of ether oxygens (including phenoxy) is 4. The van der Waals surface area contributed by atoms with Gasteiger partial charge in [0.05, 0.1) is 26.1 Å². The zero-order valence-electron chi connectivity index (χ0n) is 12.5. The van der Waals surface area contributed by atoms with Gasteiger partial charge in [-0.3, -0.25) is 9.59 Å². The van der Waals surface area contributed by atoms with Gasteiger partial charge >= 0.3 is 11.9 Å². The highest BCUT2D eigenvalue weighted by molar-refractivity contribution is 5.77. The van der Waals surface area contributed by atoms with Gasteiger partial charge in [0.15, 0.2) is 0 Å². The molecule has 0 aliphatic rings. The highest BCUT2D eigenvalue weighted by atomic mass is 16.6. The normalized spacial score (nSPS) is 10.3. The Bertz CT molecular complexity index is 228. The lowest BCUT2D eigenvalue weighted by Gasteiger charge is -2.06. The van der Waals surface area contributed by atoms with E-state index in [1.165, 1.54) is 0 Å². The molecule has 0 aliphatic heterocycles. The lowest BCUT2D eigenvalue weighted by Crippen LogP contribution is -2.15. The summed E-state index contributed by atoms with van der Waals surface area (Å²) in [5, 5.41) is 0. The molecule has 0 unspecified atom stereocenters. The van der Waals surface area contributed by atoms with Gasteiger partial charge in [0.1, 0.15) is 13.2 Å². The maximum absolute atomic E-state index is 11.3. The highest BCUT2D eigenvalue weighted by Crippen LogP contribution is 1.96. The number of carbonyl (C=O) groups excluding carboxylic acids is 2. The van der Waals surface area contributed by atoms with Crippen LogP contribution in [0.25, 0.3) is 0 Å². The molecule has 0 saturated heterocycles. The van der Waals surface area contributed by atoms with Crippen LogP contribution in [0.1, 0.15) is 39.5 Å². The summed E-state index contributed by atoms with van der Waals surface area (Å²) in [6.45, 7) is 6.54. The molecule has 0 heterocycles. The topological polar surface area (TPSA) is 71.1 Å². The molecule has 0 rings (SSSR count). The summed E-state index contributed by atoms with van der Waals surface area (Å²) >= 11 is 0. The van der Waals surface area contributed by atoms with E-state index < -0.39 is 11.9 Å². The first-order valence-electron chi connectivity index (χ1n) is 7.17. The van der Waals surface area contributed by atoms with Crippen LogP contribution >= 0.6 is 0 Å². The molecule has 6 heteroatoms. The van der Waals surface area contributed by atoms with Crippen LogP contribution in [-0.2, 0) is 28.5 Å². The van der Waals surface area contributed by atoms with Gasteiger partial charge < -0.3 is 18.9 Å². The molecule has 0 saturated carbocycles. The van der Waals surface area contributed by atoms with Crippen molar-refractivity contribution >= 4 is 11.9 Å². The van der Waals surface area contributed by atoms with Gasteiger partial charge in [-0.05, 0) is 12.8 Å². The van der Waals surface area contributed by atoms with E-state index >= 15 is 0 Å². The molecule has 118 valence electrons. The lowest BCUT2D eigenvalue weighted by atomic mass is 10.3. The molecular weight excluding hydrogens is 264 g/mol. The number of carbonyl (C=O) groups is 2. The third-order valence-corrected chi connectivity index (χ3v) is 2.21. The Morgan fingerprint density at radius 3 is 1.40 bits per heavy atom. The van der Waals surface area contributed by atoms with Crippen LogP contribution in [0.3, 0.4) is 0 Å². The summed E-state index contributed by atoms with van der Waals surface area (Å²) in [6, 6.07) is 0. The maximum Gasteiger partial charge on any atom is 0.306 e. The number of rotatable bonds is 13. The van der Waals surface area contributed by atoms with Gasteiger partial charge in [0, 0.05) is 13.2 Å². The predicted octanol–water partition coefficient (Wildman–Crippen LogP) is 1.71. The van der Waals surface area contributed by atoms with E-state index in [1.54, 1.807) is 0 Å². The second kappa shape index (κ2) is 14.3. The third kappa shape index (κ3) is 13.3. The van der Waals surface area contributed by atoms with Crippen molar-refractivity contribution in [3.05, 3.63) is 0 Å². The number of hydrogen-bond acceptors (Lipinski definition) is 6. The zero-order valence-corrected chi connectivity index (χ0v) is 12.5. The van der Waals surface area contributed by atoms with E-state index in [0.29, 0.717) is 26.4 Å². The molecular formula is C14H26O6. The SMILES string of the molecule is CCCOCCOC(=O)CCC(=O)OCCOCCC. The molecule has 6 nitrogen and oxygen atoms in total. The summed E-state index contributed by atoms with van der Waals surface area (Å²) < 4.78 is 20.1. The fraction of sp³-hybridized carbons (Fsp3) is 0.857. The van der Waals surface area contributed by atoms with Gasteiger partial charge in [0.2, 0.25) is 0 Å². The Balaban J connectivity index is 3.37. The fourth-order valence-electron chi connectivity index (χ4n) is 1.27. The minimum Gasteiger partial charge on any atom is -0.463 e. The molecule has 0 fully saturated rings. The van der Waals surface area contributed by atoms with Crippen LogP contribution in [0.4, 0.5) is 0 Å². The monoisotopic (exact) mass is 290 g/mol. The molecule has 0 N–H and O–H groups in total. The molecule has 0 bridgehead atoms. The standard InChI is InChI=1S/C14H26O6/c1-3-7-17-9-11-19-13(15)5-6-14(16)20-12-10-18-8-4-2/h3-12H2,1-2H3. The molecule has 0 amide bonds. The van der Waals surface area contributed by atoms with Crippen LogP contribution in [0.2, 0.25) is 0 Å². The second-order valence-corrected chi connectivity index (χ2v) is 4.17. The fourth-order valence-corrected chi connectivity index (χ4v) is 1.27. The summed E-state index contributed by atoms with van der Waals surface area (Å²) in [4.78, 5) is 22.6. The predicted molar refractivity (Wildman–Crippen MR) is 73.4 cm³/mol. The Kier molecular flexibility index (Phi) is 13.5. The average Bonchev–Trinajstić information content (AvgIpc) is 2.44. The third-order valence-electron chi connectivity index (χ3n) is 2.21. The zero-order chi connectivity index (χ0) is 15.1. The van der Waals surface area contributed by atoms with Crippen LogP contribution in [0, 0.1) is 0 Å². The summed E-state index contributed by atoms with van der Waals surface area (Å²) in [7, 11) is 0. The Hall–Kier alpha value is -1.14. The van der Waals surface area contributed by atoms with Crippen molar-refractivity contribution in [1.29, 1.82) is 0 Å². The molecule has 0 atom stereocenters. The van der Waals surface area contributed by atoms with E-state index in [0.717, 1.165) is 12.8 Å². The van der Waals surface area contributed by atoms with E-state index in [1.807, 2.05) is 13.8 Å². The summed E-state index contributed by atoms with van der Waals surface area (Å²) in [5.74, 6) is -0.825. The van der Waals surface area contributed by atoms with Gasteiger partial charge in [-0.15, -0.1) is 0 Å². The quantitative estimate of drug-likeness (QED) is 0.380. The molecule has 0 aliphatic carbocycles. The maximum atomic E-state index is 11.3. The largest absolute Gasteiger partial charge is 0.463 e. The smallest absolute Gasteiger partial charge is 0.306 e. The minimum absolute atomic E-state index is 0.0302. The summed E-state index contributed by atoms with van der Waals surface area (Å²) in [6.07, 6.45) is 1.92. The second-order valence-electron chi connectivity index (χ2n) is 4.17. The van der Waals surface area contributed by atoms with Crippen molar-refractivity contribution in [2.75, 3.05) is 39.6 Å². The van der Waals surface area contributed by atoms with Crippen LogP contribution in [-0.4, -0.2) is 51.6 Å². The van der Waals surface area contributed by atoms with Crippen molar-refractivity contribution in [1.82, 2.24) is 0 Å².